The molecule has 1 atom stereocenters. The summed E-state index contributed by atoms with van der Waals surface area (Å²) in [5, 5.41) is 0. The Labute approximate surface area is 124 Å². The molecule has 1 aromatic carbocycles. The molecule has 2 N–H and O–H groups in total. The molecule has 1 unspecified atom stereocenters. The predicted octanol–water partition coefficient (Wildman–Crippen LogP) is 2.93. The molecule has 0 saturated heterocycles. The monoisotopic (exact) mass is 278 g/mol. The second-order valence-electron chi connectivity index (χ2n) is 5.73. The minimum Gasteiger partial charge on any atom is -0.494 e. The standard InChI is InChI=1S/C17H30N2O/c1-5-19(6-2)14-17(4,13-18)12-15-9-8-10-16(11-15)20-7-3/h8-11H,5-7,12-14,18H2,1-4H3. The zero-order valence-corrected chi connectivity index (χ0v) is 13.5. The molecule has 3 nitrogen and oxygen atoms in total. The predicted molar refractivity (Wildman–Crippen MR) is 86.3 cm³/mol. The lowest BCUT2D eigenvalue weighted by molar-refractivity contribution is 0.181. The highest BCUT2D eigenvalue weighted by molar-refractivity contribution is 5.29. The van der Waals surface area contributed by atoms with Crippen molar-refractivity contribution < 1.29 is 4.74 Å². The number of hydrogen-bond acceptors (Lipinski definition) is 3. The Hall–Kier alpha value is -1.06. The third-order valence-corrected chi connectivity index (χ3v) is 3.83. The largest absolute Gasteiger partial charge is 0.494 e. The van der Waals surface area contributed by atoms with E-state index in [0.29, 0.717) is 13.2 Å². The summed E-state index contributed by atoms with van der Waals surface area (Å²) in [5.74, 6) is 0.951. The maximum Gasteiger partial charge on any atom is 0.119 e. The molecule has 0 saturated carbocycles. The summed E-state index contributed by atoms with van der Waals surface area (Å²) < 4.78 is 5.58. The Balaban J connectivity index is 2.78. The molecule has 0 spiro atoms. The number of nitrogens with zero attached hydrogens (tertiary/aromatic N) is 1. The molecular weight excluding hydrogens is 248 g/mol. The fourth-order valence-electron chi connectivity index (χ4n) is 2.58. The van der Waals surface area contributed by atoms with Gasteiger partial charge in [0, 0.05) is 6.54 Å². The molecule has 114 valence electrons. The van der Waals surface area contributed by atoms with Crippen LogP contribution < -0.4 is 10.5 Å². The van der Waals surface area contributed by atoms with Gasteiger partial charge < -0.3 is 15.4 Å². The van der Waals surface area contributed by atoms with Crippen molar-refractivity contribution in [2.24, 2.45) is 11.1 Å². The van der Waals surface area contributed by atoms with E-state index in [0.717, 1.165) is 31.8 Å². The molecule has 0 radical (unpaired) electrons. The van der Waals surface area contributed by atoms with Crippen LogP contribution in [0.15, 0.2) is 24.3 Å². The maximum absolute atomic E-state index is 6.05. The van der Waals surface area contributed by atoms with Crippen molar-refractivity contribution >= 4 is 0 Å². The second-order valence-corrected chi connectivity index (χ2v) is 5.73. The highest BCUT2D eigenvalue weighted by Crippen LogP contribution is 2.25. The third-order valence-electron chi connectivity index (χ3n) is 3.83. The first-order valence-corrected chi connectivity index (χ1v) is 7.71. The topological polar surface area (TPSA) is 38.5 Å². The maximum atomic E-state index is 6.05. The van der Waals surface area contributed by atoms with E-state index in [2.05, 4.69) is 43.9 Å². The molecule has 1 aromatic rings. The quantitative estimate of drug-likeness (QED) is 0.755. The van der Waals surface area contributed by atoms with Gasteiger partial charge in [-0.15, -0.1) is 0 Å². The van der Waals surface area contributed by atoms with Crippen LogP contribution >= 0.6 is 0 Å². The number of benzene rings is 1. The van der Waals surface area contributed by atoms with Crippen LogP contribution in [0.1, 0.15) is 33.3 Å². The summed E-state index contributed by atoms with van der Waals surface area (Å²) >= 11 is 0. The first-order valence-electron chi connectivity index (χ1n) is 7.71. The van der Waals surface area contributed by atoms with Crippen molar-refractivity contribution in [3.8, 4) is 5.75 Å². The van der Waals surface area contributed by atoms with Gasteiger partial charge in [-0.1, -0.05) is 32.9 Å². The molecule has 0 aliphatic rings. The van der Waals surface area contributed by atoms with Crippen LogP contribution in [-0.4, -0.2) is 37.7 Å². The fraction of sp³-hybridized carbons (Fsp3) is 0.647. The summed E-state index contributed by atoms with van der Waals surface area (Å²) in [6.45, 7) is 13.3. The molecule has 0 aliphatic carbocycles. The Morgan fingerprint density at radius 3 is 2.45 bits per heavy atom. The molecule has 0 fully saturated rings. The summed E-state index contributed by atoms with van der Waals surface area (Å²) in [7, 11) is 0. The number of ether oxygens (including phenoxy) is 1. The van der Waals surface area contributed by atoms with E-state index in [4.69, 9.17) is 10.5 Å². The van der Waals surface area contributed by atoms with Gasteiger partial charge in [-0.05, 0) is 56.1 Å². The number of hydrogen-bond donors (Lipinski definition) is 1. The Morgan fingerprint density at radius 2 is 1.90 bits per heavy atom. The van der Waals surface area contributed by atoms with Gasteiger partial charge in [0.1, 0.15) is 5.75 Å². The molecule has 0 heterocycles. The second kappa shape index (κ2) is 8.28. The van der Waals surface area contributed by atoms with E-state index < -0.39 is 0 Å². The Bertz CT molecular complexity index is 390. The van der Waals surface area contributed by atoms with Crippen LogP contribution in [0, 0.1) is 5.41 Å². The van der Waals surface area contributed by atoms with E-state index in [1.807, 2.05) is 13.0 Å². The Morgan fingerprint density at radius 1 is 1.20 bits per heavy atom. The fourth-order valence-corrected chi connectivity index (χ4v) is 2.58. The summed E-state index contributed by atoms with van der Waals surface area (Å²) in [6.07, 6.45) is 0.987. The van der Waals surface area contributed by atoms with Gasteiger partial charge in [-0.3, -0.25) is 0 Å². The van der Waals surface area contributed by atoms with Crippen molar-refractivity contribution in [3.05, 3.63) is 29.8 Å². The van der Waals surface area contributed by atoms with E-state index in [1.54, 1.807) is 0 Å². The molecule has 0 bridgehead atoms. The van der Waals surface area contributed by atoms with Gasteiger partial charge >= 0.3 is 0 Å². The minimum atomic E-state index is 0.108. The molecule has 0 amide bonds. The molecular formula is C17H30N2O. The van der Waals surface area contributed by atoms with Crippen LogP contribution in [0.4, 0.5) is 0 Å². The summed E-state index contributed by atoms with van der Waals surface area (Å²) in [4.78, 5) is 2.44. The highest BCUT2D eigenvalue weighted by Gasteiger charge is 2.25. The van der Waals surface area contributed by atoms with Crippen LogP contribution in [0.5, 0.6) is 5.75 Å². The SMILES string of the molecule is CCOc1cccc(CC(C)(CN)CN(CC)CC)c1. The molecule has 0 aromatic heterocycles. The van der Waals surface area contributed by atoms with E-state index in [1.165, 1.54) is 5.56 Å². The van der Waals surface area contributed by atoms with Gasteiger partial charge in [0.2, 0.25) is 0 Å². The number of nitrogens with two attached hydrogens (primary N) is 1. The van der Waals surface area contributed by atoms with Crippen molar-refractivity contribution in [2.75, 3.05) is 32.8 Å². The number of rotatable bonds is 9. The average molecular weight is 278 g/mol. The van der Waals surface area contributed by atoms with Crippen LogP contribution in [0.2, 0.25) is 0 Å². The van der Waals surface area contributed by atoms with Crippen LogP contribution in [0.25, 0.3) is 0 Å². The molecule has 0 aliphatic heterocycles. The van der Waals surface area contributed by atoms with Gasteiger partial charge in [0.15, 0.2) is 0 Å². The normalized spacial score (nSPS) is 14.3. The van der Waals surface area contributed by atoms with Gasteiger partial charge in [-0.2, -0.15) is 0 Å². The van der Waals surface area contributed by atoms with Crippen molar-refractivity contribution in [3.63, 3.8) is 0 Å². The molecule has 20 heavy (non-hydrogen) atoms. The van der Waals surface area contributed by atoms with Crippen molar-refractivity contribution in [1.82, 2.24) is 4.90 Å². The lowest BCUT2D eigenvalue weighted by atomic mass is 9.83. The summed E-state index contributed by atoms with van der Waals surface area (Å²) in [5.41, 5.74) is 7.46. The van der Waals surface area contributed by atoms with Crippen LogP contribution in [0.3, 0.4) is 0 Å². The highest BCUT2D eigenvalue weighted by atomic mass is 16.5. The van der Waals surface area contributed by atoms with Gasteiger partial charge in [0.05, 0.1) is 6.61 Å². The molecule has 3 heteroatoms. The van der Waals surface area contributed by atoms with Gasteiger partial charge in [-0.25, -0.2) is 0 Å². The zero-order chi connectivity index (χ0) is 15.0. The smallest absolute Gasteiger partial charge is 0.119 e. The van der Waals surface area contributed by atoms with E-state index in [-0.39, 0.29) is 5.41 Å². The summed E-state index contributed by atoms with van der Waals surface area (Å²) in [6, 6.07) is 8.38. The molecule has 1 rings (SSSR count). The van der Waals surface area contributed by atoms with E-state index >= 15 is 0 Å². The van der Waals surface area contributed by atoms with Crippen LogP contribution in [-0.2, 0) is 6.42 Å². The first kappa shape index (κ1) is 17.0. The zero-order valence-electron chi connectivity index (χ0n) is 13.5. The van der Waals surface area contributed by atoms with E-state index in [9.17, 15) is 0 Å². The lowest BCUT2D eigenvalue weighted by Gasteiger charge is -2.34. The minimum absolute atomic E-state index is 0.108. The van der Waals surface area contributed by atoms with Gasteiger partial charge in [0.25, 0.3) is 0 Å². The lowest BCUT2D eigenvalue weighted by Crippen LogP contribution is -2.42. The third kappa shape index (κ3) is 5.14. The van der Waals surface area contributed by atoms with Crippen molar-refractivity contribution in [2.45, 2.75) is 34.1 Å². The first-order chi connectivity index (χ1) is 9.56. The Kier molecular flexibility index (Phi) is 7.03. The van der Waals surface area contributed by atoms with Crippen molar-refractivity contribution in [1.29, 1.82) is 0 Å². The average Bonchev–Trinajstić information content (AvgIpc) is 2.45.